The fourth-order valence-corrected chi connectivity index (χ4v) is 3.67. The zero-order valence-corrected chi connectivity index (χ0v) is 17.7. The van der Waals surface area contributed by atoms with Crippen molar-refractivity contribution in [3.05, 3.63) is 70.7 Å². The van der Waals surface area contributed by atoms with Crippen LogP contribution in [0.2, 0.25) is 0 Å². The smallest absolute Gasteiger partial charge is 0.327 e. The van der Waals surface area contributed by atoms with Crippen LogP contribution in [-0.2, 0) is 17.7 Å². The molecule has 0 aliphatic rings. The molecule has 0 bridgehead atoms. The number of pyridine rings is 1. The second-order valence-electron chi connectivity index (χ2n) is 7.01. The zero-order valence-electron chi connectivity index (χ0n) is 16.8. The molecule has 0 spiro atoms. The zero-order chi connectivity index (χ0) is 23.3. The quantitative estimate of drug-likeness (QED) is 0.240. The molecule has 1 aromatic heterocycles. The van der Waals surface area contributed by atoms with Crippen molar-refractivity contribution in [1.82, 2.24) is 15.6 Å². The van der Waals surface area contributed by atoms with Crippen molar-refractivity contribution in [2.45, 2.75) is 13.1 Å². The van der Waals surface area contributed by atoms with Crippen molar-refractivity contribution in [2.75, 3.05) is 12.7 Å². The maximum absolute atomic E-state index is 13.1. The maximum Gasteiger partial charge on any atom is 0.327 e. The van der Waals surface area contributed by atoms with Gasteiger partial charge in [0, 0.05) is 31.2 Å². The number of rotatable bonds is 9. The van der Waals surface area contributed by atoms with Crippen LogP contribution < -0.4 is 10.6 Å². The molecule has 2 aromatic carbocycles. The lowest BCUT2D eigenvalue weighted by Crippen LogP contribution is -2.29. The Morgan fingerprint density at radius 1 is 1.16 bits per heavy atom. The second-order valence-corrected chi connectivity index (χ2v) is 8.78. The van der Waals surface area contributed by atoms with E-state index in [9.17, 15) is 23.7 Å². The number of fused-ring (bicyclic) bond motifs is 1. The topological polar surface area (TPSA) is 149 Å². The standard InChI is InChI=1S/C21H21FN3O6P/c22-14-5-3-13(4-6-14)10-23-11-16-17(12-26)20(27)19-15(2-1-7-24-19)18(16)21(28)25-8-9-32(29,30)31/h1-7,12,23,27H,8-11H2,(H,25,28)(H2,29,30,31). The van der Waals surface area contributed by atoms with Gasteiger partial charge in [-0.25, -0.2) is 4.39 Å². The Labute approximate surface area is 182 Å². The van der Waals surface area contributed by atoms with Gasteiger partial charge in [-0.2, -0.15) is 0 Å². The lowest BCUT2D eigenvalue weighted by molar-refractivity contribution is 0.0956. The van der Waals surface area contributed by atoms with Crippen molar-refractivity contribution in [1.29, 1.82) is 0 Å². The molecule has 0 atom stereocenters. The number of hydrogen-bond acceptors (Lipinski definition) is 6. The number of carbonyl (C=O) groups is 2. The molecule has 32 heavy (non-hydrogen) atoms. The number of carbonyl (C=O) groups excluding carboxylic acids is 2. The first kappa shape index (κ1) is 23.5. The monoisotopic (exact) mass is 461 g/mol. The minimum atomic E-state index is -4.31. The van der Waals surface area contributed by atoms with Gasteiger partial charge >= 0.3 is 7.60 Å². The largest absolute Gasteiger partial charge is 0.505 e. The van der Waals surface area contributed by atoms with E-state index in [1.54, 1.807) is 24.3 Å². The third-order valence-electron chi connectivity index (χ3n) is 4.76. The maximum atomic E-state index is 13.1. The molecule has 168 valence electrons. The molecule has 0 saturated heterocycles. The van der Waals surface area contributed by atoms with Gasteiger partial charge in [0.1, 0.15) is 11.3 Å². The molecule has 0 fully saturated rings. The first-order valence-corrected chi connectivity index (χ1v) is 11.4. The van der Waals surface area contributed by atoms with Gasteiger partial charge in [-0.15, -0.1) is 0 Å². The van der Waals surface area contributed by atoms with E-state index in [4.69, 9.17) is 9.79 Å². The molecular formula is C21H21FN3O6P. The molecule has 0 saturated carbocycles. The van der Waals surface area contributed by atoms with Gasteiger partial charge < -0.3 is 25.5 Å². The number of halogens is 1. The van der Waals surface area contributed by atoms with Crippen molar-refractivity contribution in [3.63, 3.8) is 0 Å². The average Bonchev–Trinajstić information content (AvgIpc) is 2.74. The van der Waals surface area contributed by atoms with Gasteiger partial charge in [0.2, 0.25) is 0 Å². The summed E-state index contributed by atoms with van der Waals surface area (Å²) in [6.45, 7) is 0.0133. The average molecular weight is 461 g/mol. The minimum Gasteiger partial charge on any atom is -0.505 e. The van der Waals surface area contributed by atoms with Crippen LogP contribution >= 0.6 is 7.60 Å². The number of aldehydes is 1. The molecule has 11 heteroatoms. The van der Waals surface area contributed by atoms with Gasteiger partial charge in [0.15, 0.2) is 12.0 Å². The van der Waals surface area contributed by atoms with Crippen molar-refractivity contribution in [3.8, 4) is 5.75 Å². The highest BCUT2D eigenvalue weighted by Gasteiger charge is 2.24. The van der Waals surface area contributed by atoms with Crippen LogP contribution in [-0.4, -0.2) is 44.8 Å². The fraction of sp³-hybridized carbons (Fsp3) is 0.190. The molecular weight excluding hydrogens is 440 g/mol. The molecule has 1 heterocycles. The predicted molar refractivity (Wildman–Crippen MR) is 115 cm³/mol. The van der Waals surface area contributed by atoms with E-state index in [2.05, 4.69) is 15.6 Å². The summed E-state index contributed by atoms with van der Waals surface area (Å²) in [5.41, 5.74) is 0.956. The summed E-state index contributed by atoms with van der Waals surface area (Å²) in [5, 5.41) is 16.4. The fourth-order valence-electron chi connectivity index (χ4n) is 3.27. The molecule has 9 nitrogen and oxygen atoms in total. The molecule has 0 aliphatic heterocycles. The molecule has 1 amide bonds. The van der Waals surface area contributed by atoms with Crippen LogP contribution in [0.5, 0.6) is 5.75 Å². The summed E-state index contributed by atoms with van der Waals surface area (Å²) in [6.07, 6.45) is 1.27. The van der Waals surface area contributed by atoms with E-state index in [1.165, 1.54) is 18.3 Å². The lowest BCUT2D eigenvalue weighted by atomic mass is 9.94. The molecule has 0 aliphatic carbocycles. The number of aromatic hydroxyl groups is 1. The Morgan fingerprint density at radius 3 is 2.53 bits per heavy atom. The van der Waals surface area contributed by atoms with E-state index in [0.717, 1.165) is 5.56 Å². The Hall–Kier alpha value is -3.17. The third kappa shape index (κ3) is 5.54. The Balaban J connectivity index is 1.97. The second kappa shape index (κ2) is 9.97. The molecule has 3 aromatic rings. The summed E-state index contributed by atoms with van der Waals surface area (Å²) in [4.78, 5) is 46.9. The highest BCUT2D eigenvalue weighted by molar-refractivity contribution is 7.51. The number of benzene rings is 2. The number of nitrogens with one attached hydrogen (secondary N) is 2. The van der Waals surface area contributed by atoms with Crippen LogP contribution in [0.15, 0.2) is 42.6 Å². The van der Waals surface area contributed by atoms with Crippen molar-refractivity contribution >= 4 is 30.7 Å². The number of phenols is 1. The number of nitrogens with zero attached hydrogens (tertiary/aromatic N) is 1. The van der Waals surface area contributed by atoms with Gasteiger partial charge in [0.25, 0.3) is 5.91 Å². The van der Waals surface area contributed by atoms with Gasteiger partial charge in [0.05, 0.1) is 17.3 Å². The lowest BCUT2D eigenvalue weighted by Gasteiger charge is -2.17. The number of amides is 1. The molecule has 3 rings (SSSR count). The van der Waals surface area contributed by atoms with E-state index in [0.29, 0.717) is 12.8 Å². The Kier molecular flexibility index (Phi) is 7.32. The highest BCUT2D eigenvalue weighted by atomic mass is 31.2. The summed E-state index contributed by atoms with van der Waals surface area (Å²) >= 11 is 0. The van der Waals surface area contributed by atoms with Crippen LogP contribution in [0.25, 0.3) is 10.9 Å². The molecule has 5 N–H and O–H groups in total. The number of hydrogen-bond donors (Lipinski definition) is 5. The van der Waals surface area contributed by atoms with Crippen LogP contribution in [0.1, 0.15) is 31.8 Å². The summed E-state index contributed by atoms with van der Waals surface area (Å²) in [7, 11) is -4.31. The first-order valence-electron chi connectivity index (χ1n) is 9.57. The minimum absolute atomic E-state index is 0.00505. The Bertz CT molecular complexity index is 1200. The van der Waals surface area contributed by atoms with Crippen molar-refractivity contribution in [2.24, 2.45) is 0 Å². The summed E-state index contributed by atoms with van der Waals surface area (Å²) in [6, 6.07) is 8.89. The van der Waals surface area contributed by atoms with Gasteiger partial charge in [-0.1, -0.05) is 18.2 Å². The van der Waals surface area contributed by atoms with Gasteiger partial charge in [-0.05, 0) is 29.3 Å². The Morgan fingerprint density at radius 2 is 1.88 bits per heavy atom. The number of phenolic OH excluding ortho intramolecular Hbond substituents is 1. The van der Waals surface area contributed by atoms with Crippen LogP contribution in [0.3, 0.4) is 0 Å². The summed E-state index contributed by atoms with van der Waals surface area (Å²) < 4.78 is 24.2. The SMILES string of the molecule is O=Cc1c(CNCc2ccc(F)cc2)c(C(=O)NCCP(=O)(O)O)c2cccnc2c1O. The van der Waals surface area contributed by atoms with Gasteiger partial charge in [-0.3, -0.25) is 19.1 Å². The predicted octanol–water partition coefficient (Wildman–Crippen LogP) is 2.09. The van der Waals surface area contributed by atoms with Crippen LogP contribution in [0.4, 0.5) is 4.39 Å². The first-order chi connectivity index (χ1) is 15.2. The third-order valence-corrected chi connectivity index (χ3v) is 5.57. The molecule has 0 radical (unpaired) electrons. The highest BCUT2D eigenvalue weighted by Crippen LogP contribution is 2.34. The number of aromatic nitrogens is 1. The van der Waals surface area contributed by atoms with E-state index >= 15 is 0 Å². The van der Waals surface area contributed by atoms with E-state index in [-0.39, 0.29) is 52.2 Å². The van der Waals surface area contributed by atoms with E-state index in [1.807, 2.05) is 0 Å². The molecule has 0 unspecified atom stereocenters. The van der Waals surface area contributed by atoms with E-state index < -0.39 is 19.7 Å². The summed E-state index contributed by atoms with van der Waals surface area (Å²) in [5.74, 6) is -1.42. The van der Waals surface area contributed by atoms with Crippen LogP contribution in [0, 0.1) is 5.82 Å². The van der Waals surface area contributed by atoms with Crippen molar-refractivity contribution < 1.29 is 33.4 Å². The normalized spacial score (nSPS) is 11.5.